The summed E-state index contributed by atoms with van der Waals surface area (Å²) >= 11 is 0. The summed E-state index contributed by atoms with van der Waals surface area (Å²) in [4.78, 5) is 2.25. The van der Waals surface area contributed by atoms with E-state index in [-0.39, 0.29) is 18.4 Å². The van der Waals surface area contributed by atoms with Crippen molar-refractivity contribution in [3.63, 3.8) is 0 Å². The summed E-state index contributed by atoms with van der Waals surface area (Å²) in [6.45, 7) is 4.89. The van der Waals surface area contributed by atoms with E-state index >= 15 is 0 Å². The van der Waals surface area contributed by atoms with Crippen LogP contribution in [0.4, 0.5) is 0 Å². The summed E-state index contributed by atoms with van der Waals surface area (Å²) < 4.78 is 16.1. The first-order chi connectivity index (χ1) is 7.72. The second kappa shape index (κ2) is 5.42. The van der Waals surface area contributed by atoms with Crippen molar-refractivity contribution in [1.82, 2.24) is 4.90 Å². The van der Waals surface area contributed by atoms with E-state index in [1.807, 2.05) is 6.92 Å². The van der Waals surface area contributed by atoms with Gasteiger partial charge in [0.25, 0.3) is 0 Å². The summed E-state index contributed by atoms with van der Waals surface area (Å²) in [5, 5.41) is 10.1. The summed E-state index contributed by atoms with van der Waals surface area (Å²) in [6, 6.07) is 0.172. The third kappa shape index (κ3) is 2.55. The van der Waals surface area contributed by atoms with Crippen molar-refractivity contribution in [2.75, 3.05) is 33.4 Å². The van der Waals surface area contributed by atoms with Gasteiger partial charge in [-0.15, -0.1) is 0 Å². The van der Waals surface area contributed by atoms with Crippen LogP contribution in [-0.4, -0.2) is 68.0 Å². The van der Waals surface area contributed by atoms with Gasteiger partial charge in [0, 0.05) is 32.8 Å². The van der Waals surface area contributed by atoms with Crippen LogP contribution in [0.5, 0.6) is 0 Å². The van der Waals surface area contributed by atoms with Crippen LogP contribution in [0.15, 0.2) is 0 Å². The Hall–Kier alpha value is -0.200. The Balaban J connectivity index is 1.94. The van der Waals surface area contributed by atoms with Crippen molar-refractivity contribution in [1.29, 1.82) is 0 Å². The van der Waals surface area contributed by atoms with Gasteiger partial charge in [0.15, 0.2) is 6.29 Å². The molecule has 94 valence electrons. The maximum absolute atomic E-state index is 10.1. The Bertz CT molecular complexity index is 226. The lowest BCUT2D eigenvalue weighted by Crippen LogP contribution is -2.57. The number of nitrogens with zero attached hydrogens (tertiary/aromatic N) is 1. The summed E-state index contributed by atoms with van der Waals surface area (Å²) in [6.07, 6.45) is 0.216. The third-order valence-corrected chi connectivity index (χ3v) is 3.47. The molecule has 0 bridgehead atoms. The number of ether oxygens (including phenoxy) is 3. The fourth-order valence-corrected chi connectivity index (χ4v) is 2.44. The van der Waals surface area contributed by atoms with Crippen LogP contribution in [0.3, 0.4) is 0 Å². The maximum atomic E-state index is 10.1. The van der Waals surface area contributed by atoms with Gasteiger partial charge in [-0.2, -0.15) is 0 Å². The van der Waals surface area contributed by atoms with Gasteiger partial charge in [0.05, 0.1) is 18.8 Å². The number of rotatable bonds is 2. The fraction of sp³-hybridized carbons (Fsp3) is 1.00. The van der Waals surface area contributed by atoms with Gasteiger partial charge in [-0.25, -0.2) is 0 Å². The predicted molar refractivity (Wildman–Crippen MR) is 58.1 cm³/mol. The smallest absolute Gasteiger partial charge is 0.169 e. The van der Waals surface area contributed by atoms with E-state index in [0.29, 0.717) is 6.61 Å². The molecule has 2 saturated heterocycles. The second-order valence-corrected chi connectivity index (χ2v) is 4.45. The first kappa shape index (κ1) is 12.3. The van der Waals surface area contributed by atoms with E-state index in [1.54, 1.807) is 7.11 Å². The summed E-state index contributed by atoms with van der Waals surface area (Å²) in [5.41, 5.74) is 0. The molecule has 0 aliphatic carbocycles. The maximum Gasteiger partial charge on any atom is 0.169 e. The van der Waals surface area contributed by atoms with Gasteiger partial charge in [-0.05, 0) is 13.3 Å². The molecule has 5 heteroatoms. The summed E-state index contributed by atoms with van der Waals surface area (Å²) in [7, 11) is 1.65. The number of aliphatic hydroxyl groups excluding tert-OH is 1. The predicted octanol–water partition coefficient (Wildman–Crippen LogP) is -0.171. The van der Waals surface area contributed by atoms with Gasteiger partial charge in [0.1, 0.15) is 0 Å². The average Bonchev–Trinajstić information content (AvgIpc) is 2.33. The molecule has 1 unspecified atom stereocenters. The van der Waals surface area contributed by atoms with Crippen LogP contribution >= 0.6 is 0 Å². The molecular formula is C11H21NO4. The minimum Gasteiger partial charge on any atom is -0.389 e. The largest absolute Gasteiger partial charge is 0.389 e. The van der Waals surface area contributed by atoms with Gasteiger partial charge in [-0.1, -0.05) is 0 Å². The van der Waals surface area contributed by atoms with E-state index in [0.717, 1.165) is 26.1 Å². The molecule has 5 nitrogen and oxygen atoms in total. The van der Waals surface area contributed by atoms with Crippen molar-refractivity contribution < 1.29 is 19.3 Å². The monoisotopic (exact) mass is 231 g/mol. The molecule has 0 aromatic heterocycles. The van der Waals surface area contributed by atoms with Crippen molar-refractivity contribution >= 4 is 0 Å². The molecule has 2 rings (SSSR count). The zero-order chi connectivity index (χ0) is 11.5. The topological polar surface area (TPSA) is 51.2 Å². The number of aliphatic hydroxyl groups is 1. The Labute approximate surface area is 96.3 Å². The van der Waals surface area contributed by atoms with Crippen LogP contribution in [0.25, 0.3) is 0 Å². The third-order valence-electron chi connectivity index (χ3n) is 3.47. The second-order valence-electron chi connectivity index (χ2n) is 4.45. The molecule has 0 amide bonds. The lowest BCUT2D eigenvalue weighted by Gasteiger charge is -2.43. The molecule has 0 saturated carbocycles. The number of hydrogen-bond donors (Lipinski definition) is 1. The highest BCUT2D eigenvalue weighted by Gasteiger charge is 2.36. The minimum atomic E-state index is -0.413. The van der Waals surface area contributed by atoms with Gasteiger partial charge < -0.3 is 19.3 Å². The molecule has 2 aliphatic heterocycles. The lowest BCUT2D eigenvalue weighted by atomic mass is 9.98. The van der Waals surface area contributed by atoms with Crippen LogP contribution in [0.1, 0.15) is 13.3 Å². The van der Waals surface area contributed by atoms with Crippen molar-refractivity contribution in [3.05, 3.63) is 0 Å². The first-order valence-corrected chi connectivity index (χ1v) is 5.90. The number of methoxy groups -OCH3 is 1. The molecule has 0 aromatic carbocycles. The Morgan fingerprint density at radius 2 is 2.12 bits per heavy atom. The molecular weight excluding hydrogens is 210 g/mol. The normalized spacial score (nSPS) is 42.2. The first-order valence-electron chi connectivity index (χ1n) is 5.90. The molecule has 4 atom stereocenters. The molecule has 2 heterocycles. The fourth-order valence-electron chi connectivity index (χ4n) is 2.44. The lowest BCUT2D eigenvalue weighted by molar-refractivity contribution is -0.190. The number of hydrogen-bond acceptors (Lipinski definition) is 5. The Morgan fingerprint density at radius 1 is 1.31 bits per heavy atom. The van der Waals surface area contributed by atoms with Crippen LogP contribution in [0, 0.1) is 0 Å². The Morgan fingerprint density at radius 3 is 2.88 bits per heavy atom. The van der Waals surface area contributed by atoms with Crippen molar-refractivity contribution in [3.8, 4) is 0 Å². The average molecular weight is 231 g/mol. The molecule has 0 spiro atoms. The molecule has 0 aromatic rings. The highest BCUT2D eigenvalue weighted by molar-refractivity contribution is 4.87. The van der Waals surface area contributed by atoms with E-state index < -0.39 is 6.10 Å². The van der Waals surface area contributed by atoms with Gasteiger partial charge in [0.2, 0.25) is 0 Å². The Kier molecular flexibility index (Phi) is 4.16. The molecule has 0 radical (unpaired) electrons. The van der Waals surface area contributed by atoms with Crippen LogP contribution in [0.2, 0.25) is 0 Å². The molecule has 2 fully saturated rings. The highest BCUT2D eigenvalue weighted by Crippen LogP contribution is 2.22. The molecule has 1 N–H and O–H groups in total. The minimum absolute atomic E-state index is 0.0809. The zero-order valence-electron chi connectivity index (χ0n) is 9.96. The zero-order valence-corrected chi connectivity index (χ0v) is 9.96. The van der Waals surface area contributed by atoms with Gasteiger partial charge >= 0.3 is 0 Å². The SMILES string of the molecule is CO[C@@H]1CN([C@H]2CCO[C@@H](C)C2O)CCO1. The highest BCUT2D eigenvalue weighted by atomic mass is 16.7. The van der Waals surface area contributed by atoms with Gasteiger partial charge in [-0.3, -0.25) is 4.90 Å². The van der Waals surface area contributed by atoms with Crippen LogP contribution < -0.4 is 0 Å². The molecule has 16 heavy (non-hydrogen) atoms. The van der Waals surface area contributed by atoms with E-state index in [2.05, 4.69) is 4.90 Å². The van der Waals surface area contributed by atoms with Crippen molar-refractivity contribution in [2.45, 2.75) is 37.9 Å². The van der Waals surface area contributed by atoms with E-state index in [9.17, 15) is 5.11 Å². The molecule has 2 aliphatic rings. The summed E-state index contributed by atoms with van der Waals surface area (Å²) in [5.74, 6) is 0. The van der Waals surface area contributed by atoms with E-state index in [1.165, 1.54) is 0 Å². The van der Waals surface area contributed by atoms with Crippen molar-refractivity contribution in [2.24, 2.45) is 0 Å². The standard InChI is InChI=1S/C11H21NO4/c1-8-11(13)9(3-5-15-8)12-4-6-16-10(7-12)14-2/h8-11,13H,3-7H2,1-2H3/t8-,9-,10-,11?/m0/s1. The van der Waals surface area contributed by atoms with Crippen LogP contribution in [-0.2, 0) is 14.2 Å². The quantitative estimate of drug-likeness (QED) is 0.715. The van der Waals surface area contributed by atoms with E-state index in [4.69, 9.17) is 14.2 Å². The number of morpholine rings is 1.